The first-order chi connectivity index (χ1) is 20.3. The highest BCUT2D eigenvalue weighted by Gasteiger charge is 2.26. The van der Waals surface area contributed by atoms with Crippen LogP contribution in [0.1, 0.15) is 43.4 Å². The molecule has 0 amide bonds. The lowest BCUT2D eigenvalue weighted by Gasteiger charge is -2.16. The Kier molecular flexibility index (Phi) is 8.41. The summed E-state index contributed by atoms with van der Waals surface area (Å²) in [6, 6.07) is 17.5. The molecule has 1 aliphatic rings. The van der Waals surface area contributed by atoms with Gasteiger partial charge in [-0.3, -0.25) is 4.79 Å². The Morgan fingerprint density at radius 3 is 2.55 bits per heavy atom. The summed E-state index contributed by atoms with van der Waals surface area (Å²) in [5.74, 6) is 2.13. The van der Waals surface area contributed by atoms with Crippen molar-refractivity contribution >= 4 is 45.9 Å². The van der Waals surface area contributed by atoms with Gasteiger partial charge in [0.2, 0.25) is 17.2 Å². The van der Waals surface area contributed by atoms with E-state index < -0.39 is 0 Å². The minimum atomic E-state index is -0.260. The third kappa shape index (κ3) is 5.40. The van der Waals surface area contributed by atoms with Crippen LogP contribution in [0.5, 0.6) is 5.75 Å². The maximum absolute atomic E-state index is 12.9. The molecule has 0 radical (unpaired) electrons. The maximum atomic E-state index is 12.9. The monoisotopic (exact) mass is 584 g/mol. The van der Waals surface area contributed by atoms with E-state index in [1.165, 1.54) is 7.11 Å². The number of allylic oxidation sites excluding steroid dienone is 3. The molecule has 0 atom stereocenters. The van der Waals surface area contributed by atoms with Gasteiger partial charge in [0.15, 0.2) is 11.5 Å². The van der Waals surface area contributed by atoms with Gasteiger partial charge in [0.05, 0.1) is 18.9 Å². The van der Waals surface area contributed by atoms with Gasteiger partial charge in [-0.25, -0.2) is 0 Å². The lowest BCUT2D eigenvalue weighted by Crippen LogP contribution is -2.33. The van der Waals surface area contributed by atoms with Gasteiger partial charge in [-0.05, 0) is 73.4 Å². The van der Waals surface area contributed by atoms with Gasteiger partial charge in [0.25, 0.3) is 5.52 Å². The molecule has 42 heavy (non-hydrogen) atoms. The van der Waals surface area contributed by atoms with Gasteiger partial charge in [0.1, 0.15) is 6.54 Å². The van der Waals surface area contributed by atoms with Crippen molar-refractivity contribution in [3.05, 3.63) is 101 Å². The Labute approximate surface area is 251 Å². The molecule has 4 aromatic rings. The molecule has 216 valence electrons. The Balaban J connectivity index is 1.53. The van der Waals surface area contributed by atoms with Crippen LogP contribution < -0.4 is 19.5 Å². The van der Waals surface area contributed by atoms with Gasteiger partial charge in [-0.1, -0.05) is 37.2 Å². The number of hydrogen-bond acceptors (Lipinski definition) is 6. The molecule has 5 rings (SSSR count). The van der Waals surface area contributed by atoms with Crippen LogP contribution in [0.4, 0.5) is 11.4 Å². The van der Waals surface area contributed by atoms with Gasteiger partial charge >= 0.3 is 5.89 Å². The number of Topliss-reactive ketones (excluding diaryl/α,β-unsaturated/α-hetero) is 1. The average Bonchev–Trinajstić information content (AvgIpc) is 3.54. The summed E-state index contributed by atoms with van der Waals surface area (Å²) < 4.78 is 19.8. The van der Waals surface area contributed by atoms with Crippen molar-refractivity contribution in [3.8, 4) is 16.9 Å². The third-order valence-electron chi connectivity index (χ3n) is 7.45. The summed E-state index contributed by atoms with van der Waals surface area (Å²) in [5.41, 5.74) is 6.85. The normalized spacial score (nSPS) is 13.8. The molecule has 1 aliphatic heterocycles. The number of carbonyl (C=O) groups is 1. The van der Waals surface area contributed by atoms with Crippen molar-refractivity contribution in [2.45, 2.75) is 33.7 Å². The predicted octanol–water partition coefficient (Wildman–Crippen LogP) is 8.00. The number of aryl methyl sites for hydroxylation is 1. The van der Waals surface area contributed by atoms with Crippen molar-refractivity contribution in [2.24, 2.45) is 0 Å². The highest BCUT2D eigenvalue weighted by atomic mass is 35.5. The maximum Gasteiger partial charge on any atom is 0.374 e. The molecule has 0 saturated carbocycles. The number of anilines is 2. The zero-order valence-electron chi connectivity index (χ0n) is 24.6. The SMILES string of the molecule is C=C(OC)C(=O)c1cc(-c2ccc3oc(/C=C(/C=C4\Oc5ccc(Cl)cc5N4CC)CC)[n+](CC)c3c2)ccc1NC. The summed E-state index contributed by atoms with van der Waals surface area (Å²) in [4.78, 5) is 15.0. The number of rotatable bonds is 10. The van der Waals surface area contributed by atoms with E-state index in [4.69, 9.17) is 25.5 Å². The molecule has 3 aromatic carbocycles. The number of carbonyl (C=O) groups excluding carboxylic acids is 1. The van der Waals surface area contributed by atoms with E-state index in [9.17, 15) is 4.79 Å². The second-order valence-corrected chi connectivity index (χ2v) is 10.3. The number of hydrogen-bond donors (Lipinski definition) is 1. The van der Waals surface area contributed by atoms with Crippen LogP contribution in [0.2, 0.25) is 5.02 Å². The molecule has 0 spiro atoms. The van der Waals surface area contributed by atoms with E-state index in [1.807, 2.05) is 48.5 Å². The average molecular weight is 585 g/mol. The second kappa shape index (κ2) is 12.2. The molecule has 0 fully saturated rings. The first kappa shape index (κ1) is 29.0. The standard InChI is InChI=1S/C34H34ClN3O4/c1-7-22(17-33-38(9-3)29-20-25(35)12-15-31(29)42-33)16-32-37(8-2)28-19-24(11-14-30(28)41-32)23-10-13-27(36-5)26(18-23)34(39)21(4)40-6/h10-20H,4,7-9H2,1-3,5-6H3/p+1. The Morgan fingerprint density at radius 2 is 1.86 bits per heavy atom. The van der Waals surface area contributed by atoms with Gasteiger partial charge in [0, 0.05) is 42.0 Å². The number of benzene rings is 3. The minimum absolute atomic E-state index is 0.0913. The Morgan fingerprint density at radius 1 is 1.10 bits per heavy atom. The fourth-order valence-electron chi connectivity index (χ4n) is 5.16. The van der Waals surface area contributed by atoms with Gasteiger partial charge in [-0.15, -0.1) is 0 Å². The number of nitrogens with zero attached hydrogens (tertiary/aromatic N) is 2. The summed E-state index contributed by atoms with van der Waals surface area (Å²) in [6.45, 7) is 11.5. The third-order valence-corrected chi connectivity index (χ3v) is 7.68. The van der Waals surface area contributed by atoms with Crippen LogP contribution in [-0.2, 0) is 11.3 Å². The van der Waals surface area contributed by atoms with Crippen LogP contribution in [0.15, 0.2) is 88.9 Å². The van der Waals surface area contributed by atoms with Crippen LogP contribution in [0.3, 0.4) is 0 Å². The molecular weight excluding hydrogens is 550 g/mol. The lowest BCUT2D eigenvalue weighted by molar-refractivity contribution is -0.674. The van der Waals surface area contributed by atoms with Crippen LogP contribution in [-0.4, -0.2) is 26.5 Å². The molecular formula is C34H35ClN3O4+. The topological polar surface area (TPSA) is 67.8 Å². The van der Waals surface area contributed by atoms with E-state index in [-0.39, 0.29) is 11.5 Å². The molecule has 0 unspecified atom stereocenters. The van der Waals surface area contributed by atoms with Crippen molar-refractivity contribution in [2.75, 3.05) is 30.9 Å². The van der Waals surface area contributed by atoms with E-state index in [0.29, 0.717) is 22.8 Å². The quantitative estimate of drug-likeness (QED) is 0.0881. The lowest BCUT2D eigenvalue weighted by atomic mass is 9.98. The smallest absolute Gasteiger partial charge is 0.374 e. The van der Waals surface area contributed by atoms with Crippen LogP contribution >= 0.6 is 11.6 Å². The highest BCUT2D eigenvalue weighted by Crippen LogP contribution is 2.41. The zero-order valence-corrected chi connectivity index (χ0v) is 25.3. The summed E-state index contributed by atoms with van der Waals surface area (Å²) in [7, 11) is 3.23. The van der Waals surface area contributed by atoms with Crippen molar-refractivity contribution in [1.29, 1.82) is 0 Å². The number of oxazole rings is 1. The molecule has 1 N–H and O–H groups in total. The molecule has 2 heterocycles. The Bertz CT molecular complexity index is 1750. The highest BCUT2D eigenvalue weighted by molar-refractivity contribution is 6.31. The number of aromatic nitrogens is 1. The largest absolute Gasteiger partial charge is 0.493 e. The molecule has 0 saturated heterocycles. The molecule has 7 nitrogen and oxygen atoms in total. The van der Waals surface area contributed by atoms with E-state index in [0.717, 1.165) is 64.0 Å². The van der Waals surface area contributed by atoms with E-state index in [1.54, 1.807) is 7.05 Å². The summed E-state index contributed by atoms with van der Waals surface area (Å²) in [6.07, 6.45) is 4.92. The van der Waals surface area contributed by atoms with Gasteiger partial charge in [-0.2, -0.15) is 4.57 Å². The molecule has 0 bridgehead atoms. The molecule has 8 heteroatoms. The van der Waals surface area contributed by atoms with Crippen LogP contribution in [0.25, 0.3) is 28.3 Å². The van der Waals surface area contributed by atoms with Crippen molar-refractivity contribution in [3.63, 3.8) is 0 Å². The number of fused-ring (bicyclic) bond motifs is 2. The van der Waals surface area contributed by atoms with E-state index >= 15 is 0 Å². The number of ether oxygens (including phenoxy) is 2. The fraction of sp³-hybridized carbons (Fsp3) is 0.235. The fourth-order valence-corrected chi connectivity index (χ4v) is 5.32. The number of methoxy groups -OCH3 is 1. The Hall–Kier alpha value is -4.49. The van der Waals surface area contributed by atoms with Crippen LogP contribution in [0, 0.1) is 0 Å². The number of ketones is 1. The van der Waals surface area contributed by atoms with Crippen molar-refractivity contribution in [1.82, 2.24) is 0 Å². The van der Waals surface area contributed by atoms with Gasteiger partial charge < -0.3 is 24.1 Å². The predicted molar refractivity (Wildman–Crippen MR) is 169 cm³/mol. The first-order valence-electron chi connectivity index (χ1n) is 14.0. The first-order valence-corrected chi connectivity index (χ1v) is 14.4. The number of halogens is 1. The molecule has 1 aromatic heterocycles. The second-order valence-electron chi connectivity index (χ2n) is 9.85. The summed E-state index contributed by atoms with van der Waals surface area (Å²) in [5, 5.41) is 3.76. The zero-order chi connectivity index (χ0) is 30.0. The minimum Gasteiger partial charge on any atom is -0.493 e. The van der Waals surface area contributed by atoms with Crippen molar-refractivity contribution < 1.29 is 23.3 Å². The number of nitrogens with one attached hydrogen (secondary N) is 1. The van der Waals surface area contributed by atoms with E-state index in [2.05, 4.69) is 60.4 Å². The molecule has 0 aliphatic carbocycles. The summed E-state index contributed by atoms with van der Waals surface area (Å²) >= 11 is 6.26.